The summed E-state index contributed by atoms with van der Waals surface area (Å²) in [4.78, 5) is 25.5. The van der Waals surface area contributed by atoms with Crippen LogP contribution in [0.15, 0.2) is 44.9 Å². The van der Waals surface area contributed by atoms with Gasteiger partial charge in [-0.2, -0.15) is 8.42 Å². The summed E-state index contributed by atoms with van der Waals surface area (Å²) < 4.78 is 68.9. The summed E-state index contributed by atoms with van der Waals surface area (Å²) in [6.07, 6.45) is 1.95. The molecule has 240 valence electrons. The maximum atomic E-state index is 13.2. The zero-order valence-electron chi connectivity index (χ0n) is 25.0. The van der Waals surface area contributed by atoms with Gasteiger partial charge in [-0.25, -0.2) is 4.79 Å². The molecule has 3 aliphatic rings. The molecule has 15 heteroatoms. The lowest BCUT2D eigenvalue weighted by Gasteiger charge is -2.31. The fraction of sp³-hybridized carbons (Fsp3) is 0.655. The fourth-order valence-electron chi connectivity index (χ4n) is 5.45. The molecule has 4 heterocycles. The number of nitrogens with zero attached hydrogens (tertiary/aromatic N) is 2. The van der Waals surface area contributed by atoms with Gasteiger partial charge in [0.05, 0.1) is 24.7 Å². The summed E-state index contributed by atoms with van der Waals surface area (Å²) in [6.45, 7) is 4.08. The van der Waals surface area contributed by atoms with Crippen LogP contribution in [0.1, 0.15) is 55.9 Å². The normalized spacial score (nSPS) is 27.9. The summed E-state index contributed by atoms with van der Waals surface area (Å²) in [6, 6.07) is 6.30. The van der Waals surface area contributed by atoms with E-state index in [0.29, 0.717) is 24.1 Å². The van der Waals surface area contributed by atoms with Gasteiger partial charge in [0, 0.05) is 25.0 Å². The minimum Gasteiger partial charge on any atom is -0.368 e. The van der Waals surface area contributed by atoms with Crippen molar-refractivity contribution < 1.29 is 41.0 Å². The summed E-state index contributed by atoms with van der Waals surface area (Å²) in [5, 5.41) is 0. The Balaban J connectivity index is 1.38. The molecule has 2 radical (unpaired) electrons. The predicted octanol–water partition coefficient (Wildman–Crippen LogP) is 1.70. The van der Waals surface area contributed by atoms with Gasteiger partial charge in [-0.3, -0.25) is 13.5 Å². The molecule has 0 N–H and O–H groups in total. The Morgan fingerprint density at radius 1 is 0.909 bits per heavy atom. The van der Waals surface area contributed by atoms with Crippen molar-refractivity contribution in [3.63, 3.8) is 0 Å². The van der Waals surface area contributed by atoms with Crippen molar-refractivity contribution in [1.82, 2.24) is 9.05 Å². The maximum absolute atomic E-state index is 13.2. The highest BCUT2D eigenvalue weighted by Crippen LogP contribution is 2.35. The highest BCUT2D eigenvalue weighted by molar-refractivity contribution is 7.86. The number of benzene rings is 1. The van der Waals surface area contributed by atoms with E-state index in [4.69, 9.17) is 40.6 Å². The molecule has 5 rings (SSSR count). The summed E-state index contributed by atoms with van der Waals surface area (Å²) in [5.74, 6) is 0. The van der Waals surface area contributed by atoms with Gasteiger partial charge in [-0.15, -0.1) is 0 Å². The number of rotatable bonds is 12. The highest BCUT2D eigenvalue weighted by Gasteiger charge is 2.49. The number of ether oxygens (including phenoxy) is 6. The van der Waals surface area contributed by atoms with Gasteiger partial charge in [0.2, 0.25) is 13.5 Å². The van der Waals surface area contributed by atoms with Gasteiger partial charge in [-0.1, -0.05) is 17.7 Å². The predicted molar refractivity (Wildman–Crippen MR) is 157 cm³/mol. The first-order chi connectivity index (χ1) is 21.1. The Morgan fingerprint density at radius 3 is 2.25 bits per heavy atom. The van der Waals surface area contributed by atoms with Crippen molar-refractivity contribution in [2.75, 3.05) is 33.0 Å². The van der Waals surface area contributed by atoms with E-state index in [1.165, 1.54) is 29.8 Å². The Kier molecular flexibility index (Phi) is 11.1. The number of aryl methyl sites for hydroxylation is 2. The van der Waals surface area contributed by atoms with Crippen LogP contribution in [0.5, 0.6) is 0 Å². The molecule has 3 fully saturated rings. The molecule has 13 nitrogen and oxygen atoms in total. The third-order valence-electron chi connectivity index (χ3n) is 7.85. The topological polar surface area (TPSA) is 143 Å². The summed E-state index contributed by atoms with van der Waals surface area (Å²) in [7, 11) is 1.77. The van der Waals surface area contributed by atoms with Crippen molar-refractivity contribution in [1.29, 1.82) is 0 Å². The molecule has 6 atom stereocenters. The lowest BCUT2D eigenvalue weighted by Crippen LogP contribution is -2.46. The number of hydrogen-bond acceptors (Lipinski definition) is 11. The van der Waals surface area contributed by atoms with Gasteiger partial charge in [0.15, 0.2) is 18.8 Å². The van der Waals surface area contributed by atoms with Crippen LogP contribution in [0.3, 0.4) is 0 Å². The molecule has 3 aliphatic heterocycles. The molecule has 1 aromatic carbocycles. The van der Waals surface area contributed by atoms with Gasteiger partial charge in [0.25, 0.3) is 10.1 Å². The quantitative estimate of drug-likeness (QED) is 0.191. The van der Waals surface area contributed by atoms with Crippen molar-refractivity contribution in [3.8, 4) is 0 Å². The molecule has 0 bridgehead atoms. The van der Waals surface area contributed by atoms with Gasteiger partial charge in [-0.05, 0) is 64.5 Å². The van der Waals surface area contributed by atoms with Crippen LogP contribution in [0.25, 0.3) is 0 Å². The summed E-state index contributed by atoms with van der Waals surface area (Å²) >= 11 is 0. The lowest BCUT2D eigenvalue weighted by molar-refractivity contribution is -0.225. The first kappa shape index (κ1) is 33.0. The Hall–Kier alpha value is -2.37. The molecular formula is C29H39BN2O11S. The largest absolute Gasteiger partial charge is 0.368 e. The molecular weight excluding hydrogens is 595 g/mol. The Bertz CT molecular complexity index is 1470. The first-order valence-corrected chi connectivity index (χ1v) is 16.4. The average molecular weight is 635 g/mol. The molecule has 0 amide bonds. The van der Waals surface area contributed by atoms with Crippen LogP contribution >= 0.6 is 0 Å². The monoisotopic (exact) mass is 634 g/mol. The zero-order chi connectivity index (χ0) is 31.3. The van der Waals surface area contributed by atoms with Gasteiger partial charge < -0.3 is 32.9 Å². The minimum atomic E-state index is -4.04. The third kappa shape index (κ3) is 7.88. The van der Waals surface area contributed by atoms with Crippen LogP contribution in [-0.4, -0.2) is 89.4 Å². The van der Waals surface area contributed by atoms with E-state index >= 15 is 0 Å². The van der Waals surface area contributed by atoms with E-state index in [2.05, 4.69) is 0 Å². The molecule has 3 saturated heterocycles. The van der Waals surface area contributed by atoms with Crippen LogP contribution in [0.4, 0.5) is 0 Å². The molecule has 44 heavy (non-hydrogen) atoms. The van der Waals surface area contributed by atoms with Gasteiger partial charge in [0.1, 0.15) is 18.3 Å². The standard InChI is InChI=1S/C29H39BN2O11S/c1-19-9-11-21(12-10-19)44(35,36)41-16-15-39-26-25(43-24-8-4-6-14-38-24)22(18-40-23-7-3-5-13-37-23)42-28(26)31-17-20(2)27(33)32(30)29(31)34/h9-12,17,22-26,28H,3-8,13-16,18H2,1-2H3/t22?,23?,24?,25-,26?,28?/m1/s1. The van der Waals surface area contributed by atoms with E-state index in [0.717, 1.165) is 37.7 Å². The lowest BCUT2D eigenvalue weighted by atomic mass is 10.1. The Labute approximate surface area is 257 Å². The minimum absolute atomic E-state index is 0.0233. The van der Waals surface area contributed by atoms with Crippen molar-refractivity contribution in [2.24, 2.45) is 0 Å². The second-order valence-electron chi connectivity index (χ2n) is 11.2. The van der Waals surface area contributed by atoms with Crippen molar-refractivity contribution >= 4 is 18.1 Å². The van der Waals surface area contributed by atoms with E-state index in [1.54, 1.807) is 12.1 Å². The molecule has 0 spiro atoms. The van der Waals surface area contributed by atoms with Crippen LogP contribution < -0.4 is 11.2 Å². The first-order valence-electron chi connectivity index (χ1n) is 15.0. The van der Waals surface area contributed by atoms with E-state index in [-0.39, 0.29) is 30.3 Å². The number of hydrogen-bond donors (Lipinski definition) is 0. The van der Waals surface area contributed by atoms with Gasteiger partial charge >= 0.3 is 5.69 Å². The SMILES string of the molecule is [B]n1c(=O)c(C)cn(C2OC(COC3CCCCO3)[C@@H](OC3CCCCO3)C2OCCOS(=O)(=O)c2ccc(C)cc2)c1=O. The fourth-order valence-corrected chi connectivity index (χ4v) is 6.34. The molecule has 0 saturated carbocycles. The molecule has 1 aromatic heterocycles. The molecule has 5 unspecified atom stereocenters. The van der Waals surface area contributed by atoms with E-state index in [9.17, 15) is 18.0 Å². The number of aromatic nitrogens is 2. The smallest absolute Gasteiger partial charge is 0.319 e. The van der Waals surface area contributed by atoms with Crippen molar-refractivity contribution in [2.45, 2.75) is 94.4 Å². The van der Waals surface area contributed by atoms with E-state index < -0.39 is 58.5 Å². The van der Waals surface area contributed by atoms with Crippen LogP contribution in [0, 0.1) is 13.8 Å². The average Bonchev–Trinajstić information content (AvgIpc) is 3.36. The van der Waals surface area contributed by atoms with Crippen LogP contribution in [-0.2, 0) is 42.7 Å². The zero-order valence-corrected chi connectivity index (χ0v) is 25.8. The maximum Gasteiger partial charge on any atom is 0.319 e. The van der Waals surface area contributed by atoms with Crippen LogP contribution in [0.2, 0.25) is 0 Å². The second-order valence-corrected chi connectivity index (χ2v) is 12.8. The second kappa shape index (κ2) is 14.8. The van der Waals surface area contributed by atoms with Crippen molar-refractivity contribution in [3.05, 3.63) is 62.4 Å². The Morgan fingerprint density at radius 2 is 1.59 bits per heavy atom. The molecule has 2 aromatic rings. The molecule has 0 aliphatic carbocycles. The summed E-state index contributed by atoms with van der Waals surface area (Å²) in [5.41, 5.74) is -0.336. The highest BCUT2D eigenvalue weighted by atomic mass is 32.2. The van der Waals surface area contributed by atoms with E-state index in [1.807, 2.05) is 6.92 Å². The third-order valence-corrected chi connectivity index (χ3v) is 9.17.